The number of H-pyrrole nitrogens is 1. The van der Waals surface area contributed by atoms with E-state index in [4.69, 9.17) is 111 Å². The molecule has 11 N–H and O–H groups in total. The van der Waals surface area contributed by atoms with Gasteiger partial charge in [-0.1, -0.05) is 155 Å². The Labute approximate surface area is 579 Å². The predicted molar refractivity (Wildman–Crippen MR) is 334 cm³/mol. The molecule has 0 radical (unpaired) electrons. The van der Waals surface area contributed by atoms with E-state index in [9.17, 15) is 0 Å². The van der Waals surface area contributed by atoms with Crippen LogP contribution in [0.3, 0.4) is 0 Å². The van der Waals surface area contributed by atoms with E-state index in [-0.39, 0.29) is 167 Å². The SMILES string of the molecule is C.C.C.C.C.C.C.C.C.Clc1ccc2ncsc2n1.NCc1ccc2ncsc2n1.Nc1ccc(Cl)[nH]c1=S.Nc1ccc(Cl)nc1.Nc1nc2ccc(Cl)nc2s1.O=CO.O=[S-](=O)[O-].[C-]#[N+]c1ccc2ncsc2n1.[Na+].[Na+].[Na+].[OH-]. The number of nitrogen functional groups attached to an aromatic ring is 3. The summed E-state index contributed by atoms with van der Waals surface area (Å²) in [5.74, 6) is 0.432. The molecule has 428 valence electrons. The zero-order chi connectivity index (χ0) is 49.3. The zero-order valence-electron chi connectivity index (χ0n) is 36.8. The number of hydrogen-bond acceptors (Lipinski definition) is 24. The fourth-order valence-electron chi connectivity index (χ4n) is 4.09. The summed E-state index contributed by atoms with van der Waals surface area (Å²) in [5, 5.41) is 9.39. The third kappa shape index (κ3) is 39.5. The molecule has 0 aromatic carbocycles. The van der Waals surface area contributed by atoms with Gasteiger partial charge in [-0.05, 0) is 72.8 Å². The molecule has 0 atom stereocenters. The maximum atomic E-state index is 8.44. The number of anilines is 3. The van der Waals surface area contributed by atoms with Gasteiger partial charge in [0.15, 0.2) is 5.13 Å². The van der Waals surface area contributed by atoms with Crippen LogP contribution in [-0.4, -0.2) is 71.4 Å². The number of halogens is 4. The molecule has 10 aromatic heterocycles. The predicted octanol–water partition coefficient (Wildman–Crippen LogP) is 6.65. The van der Waals surface area contributed by atoms with E-state index in [0.717, 1.165) is 47.1 Å². The molecule has 0 saturated carbocycles. The number of aromatic nitrogens is 10. The molecular formula is C46H66Cl4N15Na3O6S6. The molecule has 0 bridgehead atoms. The van der Waals surface area contributed by atoms with Crippen LogP contribution in [0.1, 0.15) is 72.5 Å². The van der Waals surface area contributed by atoms with E-state index in [1.165, 1.54) is 51.5 Å². The summed E-state index contributed by atoms with van der Waals surface area (Å²) in [4.78, 5) is 54.2. The van der Waals surface area contributed by atoms with Gasteiger partial charge in [-0.2, -0.15) is 11.0 Å². The molecule has 0 aliphatic heterocycles. The maximum absolute atomic E-state index is 8.44. The Morgan fingerprint density at radius 1 is 0.625 bits per heavy atom. The summed E-state index contributed by atoms with van der Waals surface area (Å²) in [6.45, 7) is 6.96. The van der Waals surface area contributed by atoms with Gasteiger partial charge in [-0.3, -0.25) is 4.79 Å². The Kier molecular flexibility index (Phi) is 72.1. The van der Waals surface area contributed by atoms with Gasteiger partial charge in [0.05, 0.1) is 45.3 Å². The van der Waals surface area contributed by atoms with E-state index in [0.29, 0.717) is 54.1 Å². The first-order valence-corrected chi connectivity index (χ1v) is 23.8. The summed E-state index contributed by atoms with van der Waals surface area (Å²) >= 11 is 32.9. The second-order valence-electron chi connectivity index (χ2n) is 11.3. The number of pyridine rings is 6. The fraction of sp³-hybridized carbons (Fsp3) is 0.217. The molecule has 0 unspecified atom stereocenters. The third-order valence-electron chi connectivity index (χ3n) is 6.81. The van der Waals surface area contributed by atoms with Gasteiger partial charge in [0.2, 0.25) is 4.83 Å². The van der Waals surface area contributed by atoms with Gasteiger partial charge in [-0.15, -0.1) is 27.7 Å². The molecule has 80 heavy (non-hydrogen) atoms. The molecule has 0 aliphatic rings. The average molecular weight is 1330 g/mol. The van der Waals surface area contributed by atoms with Gasteiger partial charge in [0, 0.05) is 6.54 Å². The molecule has 21 nitrogen and oxygen atoms in total. The largest absolute Gasteiger partial charge is 1.00 e. The Morgan fingerprint density at radius 2 is 1.04 bits per heavy atom. The summed E-state index contributed by atoms with van der Waals surface area (Å²) in [6, 6.07) is 21.1. The molecule has 0 spiro atoms. The third-order valence-corrected chi connectivity index (χ3v) is 11.0. The zero-order valence-corrected chi connectivity index (χ0v) is 50.7. The monoisotopic (exact) mass is 1330 g/mol. The van der Waals surface area contributed by atoms with Crippen LogP contribution in [0.15, 0.2) is 95.5 Å². The van der Waals surface area contributed by atoms with Crippen molar-refractivity contribution in [1.29, 1.82) is 0 Å². The minimum atomic E-state index is -3.11. The average Bonchev–Trinajstić information content (AvgIpc) is 4.14. The van der Waals surface area contributed by atoms with Crippen LogP contribution < -0.4 is 112 Å². The minimum Gasteiger partial charge on any atom is -0.917 e. The number of nitrogens with zero attached hydrogens (tertiary/aromatic N) is 10. The summed E-state index contributed by atoms with van der Waals surface area (Å²) in [6.07, 6.45) is 1.52. The van der Waals surface area contributed by atoms with Gasteiger partial charge < -0.3 is 56.3 Å². The fourth-order valence-corrected chi connectivity index (χ4v) is 7.69. The van der Waals surface area contributed by atoms with Crippen molar-refractivity contribution in [2.75, 3.05) is 17.2 Å². The molecule has 10 heterocycles. The van der Waals surface area contributed by atoms with Crippen molar-refractivity contribution >= 4 is 185 Å². The van der Waals surface area contributed by atoms with Crippen LogP contribution in [-0.2, 0) is 30.7 Å². The van der Waals surface area contributed by atoms with Gasteiger partial charge in [0.1, 0.15) is 56.3 Å². The Bertz CT molecular complexity index is 3290. The second kappa shape index (κ2) is 56.5. The number of thiazole rings is 4. The number of carboxylic acid groups (broad SMARTS) is 1. The summed E-state index contributed by atoms with van der Waals surface area (Å²) < 4.78 is 25.8. The topological polar surface area (TPSA) is 365 Å². The first-order valence-electron chi connectivity index (χ1n) is 17.4. The van der Waals surface area contributed by atoms with Gasteiger partial charge in [0.25, 0.3) is 12.3 Å². The first-order chi connectivity index (χ1) is 32.0. The smallest absolute Gasteiger partial charge is 0.917 e. The second-order valence-corrected chi connectivity index (χ2v) is 17.2. The van der Waals surface area contributed by atoms with Crippen LogP contribution in [0, 0.1) is 11.2 Å². The van der Waals surface area contributed by atoms with Crippen molar-refractivity contribution in [3.05, 3.63) is 138 Å². The van der Waals surface area contributed by atoms with Crippen molar-refractivity contribution in [3.63, 3.8) is 0 Å². The van der Waals surface area contributed by atoms with E-state index >= 15 is 0 Å². The summed E-state index contributed by atoms with van der Waals surface area (Å²) in [7, 11) is -3.11. The number of rotatable bonds is 1. The number of nitrogens with one attached hydrogen (secondary N) is 1. The van der Waals surface area contributed by atoms with Crippen LogP contribution in [0.25, 0.3) is 46.2 Å². The van der Waals surface area contributed by atoms with E-state index in [1.807, 2.05) is 24.3 Å². The van der Waals surface area contributed by atoms with Gasteiger partial charge >= 0.3 is 88.7 Å². The number of aromatic amines is 1. The molecule has 0 amide bonds. The molecular weight excluding hydrogens is 1260 g/mol. The van der Waals surface area contributed by atoms with Gasteiger partial charge in [-0.25, -0.2) is 39.9 Å². The minimum absolute atomic E-state index is 0. The Morgan fingerprint density at radius 3 is 1.45 bits per heavy atom. The van der Waals surface area contributed by atoms with Crippen molar-refractivity contribution in [2.24, 2.45) is 5.73 Å². The van der Waals surface area contributed by atoms with E-state index < -0.39 is 11.0 Å². The molecule has 0 aliphatic carbocycles. The van der Waals surface area contributed by atoms with E-state index in [2.05, 4.69) is 54.7 Å². The number of fused-ring (bicyclic) bond motifs is 4. The summed E-state index contributed by atoms with van der Waals surface area (Å²) in [5.41, 5.74) is 32.5. The Balaban J connectivity index is -0.0000000753. The molecule has 10 rings (SSSR count). The normalized spacial score (nSPS) is 8.12. The molecule has 0 saturated heterocycles. The van der Waals surface area contributed by atoms with Crippen LogP contribution in [0.4, 0.5) is 22.3 Å². The van der Waals surface area contributed by atoms with Crippen LogP contribution in [0.2, 0.25) is 20.6 Å². The van der Waals surface area contributed by atoms with E-state index in [1.54, 1.807) is 65.1 Å². The Hall–Kier alpha value is -2.97. The van der Waals surface area contributed by atoms with Crippen LogP contribution in [0.5, 0.6) is 0 Å². The number of carbonyl (C=O) groups is 1. The first kappa shape index (κ1) is 102. The maximum Gasteiger partial charge on any atom is 1.00 e. The standard InChI is InChI=1S/C7H3N3S.C7H7N3S.C6H4ClN3S.C6H3ClN2S.C5H5ClN2S.C5H5ClN2.CH2O2.9CH4.3Na.O3S.H2O/c1-8-6-3-2-5-7(10-6)11-4-9-5;8-3-5-1-2-6-7(10-5)11-4-9-6;7-4-2-1-3-5(10-4)11-6(8)9-3;7-5-2-1-4-6(9-5)10-3-8-4;6-4-2-1-3(7)5(9)8-4;6-5-2-1-4(7)3-8-5;2-1-3;;;;;;;;;;;;;1-4(2)3;/h2-4H;1-2,4H,3,8H2;1-2H,(H2,8,9);1-3H;1-2H,7H2,(H,8,9);1-3H,7H2;1H,(H,2,3);9*1H4;;;;;1H2/q;;;;;;;;;;;;;;;;3*+1;-2;/p-1. The van der Waals surface area contributed by atoms with Crippen molar-refractivity contribution in [2.45, 2.75) is 73.4 Å². The molecule has 0 fully saturated rings. The van der Waals surface area contributed by atoms with Crippen molar-refractivity contribution in [3.8, 4) is 0 Å². The quantitative estimate of drug-likeness (QED) is 0.0146. The van der Waals surface area contributed by atoms with Crippen molar-refractivity contribution in [1.82, 2.24) is 49.8 Å². The number of hydrogen-bond donors (Lipinski definition) is 6. The molecule has 34 heteroatoms. The van der Waals surface area contributed by atoms with Crippen LogP contribution >= 0.6 is 104 Å². The van der Waals surface area contributed by atoms with Crippen molar-refractivity contribution < 1.29 is 117 Å². The molecule has 10 aromatic rings. The number of nitrogens with two attached hydrogens (primary N) is 4.